The van der Waals surface area contributed by atoms with E-state index in [0.29, 0.717) is 6.54 Å². The number of anilines is 1. The van der Waals surface area contributed by atoms with Crippen LogP contribution in [0.3, 0.4) is 0 Å². The minimum atomic E-state index is -1.05. The van der Waals surface area contributed by atoms with Crippen molar-refractivity contribution < 1.29 is 23.9 Å². The van der Waals surface area contributed by atoms with Gasteiger partial charge >= 0.3 is 5.97 Å². The lowest BCUT2D eigenvalue weighted by molar-refractivity contribution is -0.123. The summed E-state index contributed by atoms with van der Waals surface area (Å²) in [5.41, 5.74) is 3.33. The molecule has 1 atom stereocenters. The molecule has 2 aromatic rings. The van der Waals surface area contributed by atoms with Crippen molar-refractivity contribution in [3.8, 4) is 0 Å². The Balaban J connectivity index is 1.73. The molecule has 0 bridgehead atoms. The Labute approximate surface area is 194 Å². The first-order valence-corrected chi connectivity index (χ1v) is 11.3. The van der Waals surface area contributed by atoms with E-state index in [0.717, 1.165) is 29.7 Å². The molecule has 0 saturated heterocycles. The van der Waals surface area contributed by atoms with Gasteiger partial charge in [-0.25, -0.2) is 4.79 Å². The summed E-state index contributed by atoms with van der Waals surface area (Å²) in [5, 5.41) is 2.89. The average molecular weight is 451 g/mol. The van der Waals surface area contributed by atoms with Gasteiger partial charge in [0.2, 0.25) is 0 Å². The monoisotopic (exact) mass is 450 g/mol. The number of ether oxygens (including phenoxy) is 1. The molecular formula is C26H30N2O5. The van der Waals surface area contributed by atoms with Crippen LogP contribution in [0.15, 0.2) is 36.4 Å². The maximum absolute atomic E-state index is 12.7. The topological polar surface area (TPSA) is 92.8 Å². The number of carbonyl (C=O) groups is 4. The number of amides is 3. The Morgan fingerprint density at radius 1 is 0.939 bits per heavy atom. The smallest absolute Gasteiger partial charge is 0.338 e. The van der Waals surface area contributed by atoms with Crippen LogP contribution < -0.4 is 5.32 Å². The maximum Gasteiger partial charge on any atom is 0.338 e. The van der Waals surface area contributed by atoms with E-state index in [1.54, 1.807) is 0 Å². The molecule has 1 heterocycles. The van der Waals surface area contributed by atoms with E-state index in [1.165, 1.54) is 30.0 Å². The van der Waals surface area contributed by atoms with Crippen LogP contribution in [0.2, 0.25) is 0 Å². The van der Waals surface area contributed by atoms with Gasteiger partial charge in [0.15, 0.2) is 6.10 Å². The highest BCUT2D eigenvalue weighted by atomic mass is 16.5. The lowest BCUT2D eigenvalue weighted by atomic mass is 10.0. The summed E-state index contributed by atoms with van der Waals surface area (Å²) >= 11 is 0. The molecule has 3 rings (SSSR count). The number of para-hydroxylation sites is 1. The number of nitrogens with zero attached hydrogens (tertiary/aromatic N) is 1. The van der Waals surface area contributed by atoms with E-state index in [9.17, 15) is 19.2 Å². The van der Waals surface area contributed by atoms with Gasteiger partial charge in [0.25, 0.3) is 17.7 Å². The molecule has 1 N–H and O–H groups in total. The van der Waals surface area contributed by atoms with Crippen molar-refractivity contribution in [1.82, 2.24) is 4.90 Å². The first-order chi connectivity index (χ1) is 15.7. The molecule has 0 aliphatic carbocycles. The molecule has 7 heteroatoms. The van der Waals surface area contributed by atoms with Gasteiger partial charge in [0, 0.05) is 12.2 Å². The number of aryl methyl sites for hydroxylation is 2. The highest BCUT2D eigenvalue weighted by Crippen LogP contribution is 2.26. The van der Waals surface area contributed by atoms with Gasteiger partial charge in [0.05, 0.1) is 16.7 Å². The minimum absolute atomic E-state index is 0.115. The predicted molar refractivity (Wildman–Crippen MR) is 125 cm³/mol. The second kappa shape index (κ2) is 9.98. The number of rotatable bonds is 8. The van der Waals surface area contributed by atoms with Crippen LogP contribution in [0.4, 0.5) is 5.69 Å². The first-order valence-electron chi connectivity index (χ1n) is 11.3. The van der Waals surface area contributed by atoms with Gasteiger partial charge in [0.1, 0.15) is 0 Å². The fourth-order valence-electron chi connectivity index (χ4n) is 3.86. The predicted octanol–water partition coefficient (Wildman–Crippen LogP) is 4.25. The molecule has 1 unspecified atom stereocenters. The van der Waals surface area contributed by atoms with Crippen molar-refractivity contribution in [1.29, 1.82) is 0 Å². The van der Waals surface area contributed by atoms with Gasteiger partial charge in [-0.15, -0.1) is 0 Å². The van der Waals surface area contributed by atoms with Gasteiger partial charge in [-0.3, -0.25) is 19.3 Å². The van der Waals surface area contributed by atoms with E-state index in [4.69, 9.17) is 4.74 Å². The Bertz CT molecular complexity index is 1080. The van der Waals surface area contributed by atoms with Crippen LogP contribution in [-0.4, -0.2) is 41.2 Å². The fourth-order valence-corrected chi connectivity index (χ4v) is 3.86. The van der Waals surface area contributed by atoms with Crippen molar-refractivity contribution in [2.24, 2.45) is 5.92 Å². The standard InChI is InChI=1S/C26H30N2O5/c1-6-17-9-8-10-18(7-2)22(17)27-23(29)16(5)33-26(32)19-11-12-20-21(13-19)25(31)28(24(20)30)14-15(3)4/h8-13,15-16H,6-7,14H2,1-5H3,(H,27,29). The molecule has 33 heavy (non-hydrogen) atoms. The summed E-state index contributed by atoms with van der Waals surface area (Å²) in [6.45, 7) is 9.66. The van der Waals surface area contributed by atoms with E-state index in [-0.39, 0.29) is 28.5 Å². The van der Waals surface area contributed by atoms with E-state index in [2.05, 4.69) is 5.32 Å². The molecule has 7 nitrogen and oxygen atoms in total. The molecule has 0 fully saturated rings. The van der Waals surface area contributed by atoms with E-state index in [1.807, 2.05) is 45.9 Å². The Kier molecular flexibility index (Phi) is 7.31. The molecule has 174 valence electrons. The molecular weight excluding hydrogens is 420 g/mol. The second-order valence-corrected chi connectivity index (χ2v) is 8.57. The zero-order chi connectivity index (χ0) is 24.3. The van der Waals surface area contributed by atoms with E-state index < -0.39 is 23.9 Å². The fraction of sp³-hybridized carbons (Fsp3) is 0.385. The Morgan fingerprint density at radius 3 is 2.12 bits per heavy atom. The quantitative estimate of drug-likeness (QED) is 0.479. The first kappa shape index (κ1) is 24.2. The van der Waals surface area contributed by atoms with Gasteiger partial charge in [-0.05, 0) is 55.0 Å². The zero-order valence-electron chi connectivity index (χ0n) is 19.7. The number of hydrogen-bond donors (Lipinski definition) is 1. The molecule has 0 radical (unpaired) electrons. The number of nitrogens with one attached hydrogen (secondary N) is 1. The zero-order valence-corrected chi connectivity index (χ0v) is 19.7. The lowest BCUT2D eigenvalue weighted by Crippen LogP contribution is -2.33. The molecule has 0 spiro atoms. The van der Waals surface area contributed by atoms with Gasteiger partial charge in [-0.2, -0.15) is 0 Å². The lowest BCUT2D eigenvalue weighted by Gasteiger charge is -2.18. The maximum atomic E-state index is 12.7. The van der Waals surface area contributed by atoms with Crippen molar-refractivity contribution in [2.75, 3.05) is 11.9 Å². The van der Waals surface area contributed by atoms with Crippen molar-refractivity contribution >= 4 is 29.4 Å². The van der Waals surface area contributed by atoms with Crippen molar-refractivity contribution in [3.05, 3.63) is 64.2 Å². The molecule has 0 saturated carbocycles. The van der Waals surface area contributed by atoms with E-state index >= 15 is 0 Å². The molecule has 3 amide bonds. The minimum Gasteiger partial charge on any atom is -0.449 e. The average Bonchev–Trinajstić information content (AvgIpc) is 3.02. The Hall–Kier alpha value is -3.48. The molecule has 2 aromatic carbocycles. The van der Waals surface area contributed by atoms with Crippen LogP contribution in [-0.2, 0) is 22.4 Å². The summed E-state index contributed by atoms with van der Waals surface area (Å²) in [6, 6.07) is 10.1. The third kappa shape index (κ3) is 4.97. The number of fused-ring (bicyclic) bond motifs is 1. The largest absolute Gasteiger partial charge is 0.449 e. The number of benzene rings is 2. The summed E-state index contributed by atoms with van der Waals surface area (Å²) in [5.74, 6) is -1.83. The summed E-state index contributed by atoms with van der Waals surface area (Å²) < 4.78 is 5.37. The summed E-state index contributed by atoms with van der Waals surface area (Å²) in [7, 11) is 0. The highest BCUT2D eigenvalue weighted by molar-refractivity contribution is 6.22. The summed E-state index contributed by atoms with van der Waals surface area (Å²) in [6.07, 6.45) is 0.468. The highest BCUT2D eigenvalue weighted by Gasteiger charge is 2.36. The van der Waals surface area contributed by atoms with Crippen molar-refractivity contribution in [3.63, 3.8) is 0 Å². The third-order valence-electron chi connectivity index (χ3n) is 5.65. The van der Waals surface area contributed by atoms with Crippen molar-refractivity contribution in [2.45, 2.75) is 53.6 Å². The normalized spacial score (nSPS) is 13.8. The number of esters is 1. The second-order valence-electron chi connectivity index (χ2n) is 8.57. The SMILES string of the molecule is CCc1cccc(CC)c1NC(=O)C(C)OC(=O)c1ccc2c(c1)C(=O)N(CC(C)C)C2=O. The molecule has 1 aliphatic heterocycles. The van der Waals surface area contributed by atoms with Gasteiger partial charge in [-0.1, -0.05) is 45.9 Å². The van der Waals surface area contributed by atoms with Crippen LogP contribution in [0.5, 0.6) is 0 Å². The van der Waals surface area contributed by atoms with Crippen LogP contribution >= 0.6 is 0 Å². The summed E-state index contributed by atoms with van der Waals surface area (Å²) in [4.78, 5) is 51.8. The number of imide groups is 1. The number of hydrogen-bond acceptors (Lipinski definition) is 5. The third-order valence-corrected chi connectivity index (χ3v) is 5.65. The molecule has 0 aromatic heterocycles. The van der Waals surface area contributed by atoms with Crippen LogP contribution in [0.25, 0.3) is 0 Å². The Morgan fingerprint density at radius 2 is 1.55 bits per heavy atom. The van der Waals surface area contributed by atoms with Gasteiger partial charge < -0.3 is 10.1 Å². The molecule has 1 aliphatic rings. The van der Waals surface area contributed by atoms with Crippen LogP contribution in [0, 0.1) is 5.92 Å². The van der Waals surface area contributed by atoms with Crippen LogP contribution in [0.1, 0.15) is 76.8 Å². The number of carbonyl (C=O) groups excluding carboxylic acids is 4.